The van der Waals surface area contributed by atoms with Crippen molar-refractivity contribution in [2.75, 3.05) is 6.61 Å². The highest BCUT2D eigenvalue weighted by molar-refractivity contribution is 5.99. The molecule has 0 fully saturated rings. The van der Waals surface area contributed by atoms with Gasteiger partial charge in [0.1, 0.15) is 11.6 Å². The highest BCUT2D eigenvalue weighted by Crippen LogP contribution is 2.19. The Morgan fingerprint density at radius 2 is 1.96 bits per heavy atom. The number of carbonyl (C=O) groups excluding carboxylic acids is 2. The fourth-order valence-electron chi connectivity index (χ4n) is 2.26. The maximum absolute atomic E-state index is 12.1. The Hall–Kier alpha value is -2.35. The monoisotopic (exact) mass is 330 g/mol. The molecule has 1 aromatic rings. The van der Waals surface area contributed by atoms with E-state index in [0.29, 0.717) is 0 Å². The number of carbonyl (C=O) groups is 2. The van der Waals surface area contributed by atoms with Crippen LogP contribution in [0.5, 0.6) is 0 Å². The third-order valence-corrected chi connectivity index (χ3v) is 3.87. The number of ether oxygens (including phenoxy) is 1. The average molecular weight is 330 g/mol. The van der Waals surface area contributed by atoms with E-state index >= 15 is 0 Å². The number of aryl methyl sites for hydroxylation is 1. The standard InChI is InChI=1S/C19H26N2O3/c1-7-8-21-13(2)9-15(14(21)3)10-16(11-20)18(23)24-12-17(22)19(4,5)6/h9-10H,7-8,12H2,1-6H3. The van der Waals surface area contributed by atoms with Crippen molar-refractivity contribution < 1.29 is 14.3 Å². The summed E-state index contributed by atoms with van der Waals surface area (Å²) in [4.78, 5) is 23.9. The van der Waals surface area contributed by atoms with Gasteiger partial charge in [-0.1, -0.05) is 27.7 Å². The minimum atomic E-state index is -0.768. The zero-order chi connectivity index (χ0) is 18.5. The number of nitrogens with zero attached hydrogens (tertiary/aromatic N) is 2. The van der Waals surface area contributed by atoms with Crippen LogP contribution < -0.4 is 0 Å². The predicted molar refractivity (Wildman–Crippen MR) is 93.2 cm³/mol. The second-order valence-electron chi connectivity index (χ2n) is 6.90. The molecular weight excluding hydrogens is 304 g/mol. The van der Waals surface area contributed by atoms with Gasteiger partial charge in [0.2, 0.25) is 0 Å². The van der Waals surface area contributed by atoms with Gasteiger partial charge in [-0.3, -0.25) is 4.79 Å². The summed E-state index contributed by atoms with van der Waals surface area (Å²) in [7, 11) is 0. The molecule has 0 atom stereocenters. The minimum absolute atomic E-state index is 0.103. The van der Waals surface area contributed by atoms with Crippen LogP contribution in [0.1, 0.15) is 51.1 Å². The quantitative estimate of drug-likeness (QED) is 0.454. The van der Waals surface area contributed by atoms with Crippen molar-refractivity contribution in [2.45, 2.75) is 54.5 Å². The lowest BCUT2D eigenvalue weighted by atomic mass is 9.91. The van der Waals surface area contributed by atoms with Crippen LogP contribution in [-0.2, 0) is 20.9 Å². The van der Waals surface area contributed by atoms with E-state index in [1.165, 1.54) is 6.08 Å². The molecule has 0 saturated heterocycles. The number of rotatable bonds is 6. The van der Waals surface area contributed by atoms with Gasteiger partial charge in [0.15, 0.2) is 12.4 Å². The van der Waals surface area contributed by atoms with Crippen LogP contribution >= 0.6 is 0 Å². The molecule has 0 radical (unpaired) electrons. The molecule has 0 aliphatic heterocycles. The number of esters is 1. The van der Waals surface area contributed by atoms with Crippen LogP contribution in [0.3, 0.4) is 0 Å². The maximum Gasteiger partial charge on any atom is 0.349 e. The zero-order valence-corrected chi connectivity index (χ0v) is 15.4. The van der Waals surface area contributed by atoms with Crippen molar-refractivity contribution >= 4 is 17.8 Å². The third-order valence-electron chi connectivity index (χ3n) is 3.87. The molecule has 1 heterocycles. The molecule has 0 unspecified atom stereocenters. The predicted octanol–water partition coefficient (Wildman–Crippen LogP) is 3.58. The van der Waals surface area contributed by atoms with Gasteiger partial charge in [-0.25, -0.2) is 4.79 Å². The zero-order valence-electron chi connectivity index (χ0n) is 15.4. The van der Waals surface area contributed by atoms with E-state index in [-0.39, 0.29) is 18.0 Å². The van der Waals surface area contributed by atoms with E-state index in [0.717, 1.165) is 29.9 Å². The number of Topliss-reactive ketones (excluding diaryl/α,β-unsaturated/α-hetero) is 1. The van der Waals surface area contributed by atoms with Crippen molar-refractivity contribution in [3.8, 4) is 6.07 Å². The number of hydrogen-bond donors (Lipinski definition) is 0. The second kappa shape index (κ2) is 7.96. The van der Waals surface area contributed by atoms with Gasteiger partial charge in [0.05, 0.1) is 0 Å². The van der Waals surface area contributed by atoms with Crippen molar-refractivity contribution in [3.05, 3.63) is 28.6 Å². The molecule has 24 heavy (non-hydrogen) atoms. The van der Waals surface area contributed by atoms with Gasteiger partial charge in [-0.2, -0.15) is 5.26 Å². The Kier molecular flexibility index (Phi) is 6.53. The molecule has 5 nitrogen and oxygen atoms in total. The highest BCUT2D eigenvalue weighted by Gasteiger charge is 2.23. The molecule has 0 saturated carbocycles. The van der Waals surface area contributed by atoms with Gasteiger partial charge in [-0.05, 0) is 38.0 Å². The molecule has 1 rings (SSSR count). The van der Waals surface area contributed by atoms with Crippen LogP contribution in [0.15, 0.2) is 11.6 Å². The summed E-state index contributed by atoms with van der Waals surface area (Å²) in [6.45, 7) is 11.9. The van der Waals surface area contributed by atoms with Crippen molar-refractivity contribution in [1.29, 1.82) is 5.26 Å². The van der Waals surface area contributed by atoms with Crippen molar-refractivity contribution in [3.63, 3.8) is 0 Å². The average Bonchev–Trinajstić information content (AvgIpc) is 2.76. The first-order valence-corrected chi connectivity index (χ1v) is 8.10. The first kappa shape index (κ1) is 19.7. The molecule has 0 spiro atoms. The normalized spacial score (nSPS) is 12.0. The smallest absolute Gasteiger partial charge is 0.349 e. The topological polar surface area (TPSA) is 72.1 Å². The lowest BCUT2D eigenvalue weighted by Gasteiger charge is -2.15. The Labute approximate surface area is 143 Å². The van der Waals surface area contributed by atoms with Gasteiger partial charge in [-0.15, -0.1) is 0 Å². The summed E-state index contributed by atoms with van der Waals surface area (Å²) in [5.74, 6) is -0.954. The Balaban J connectivity index is 2.96. The van der Waals surface area contributed by atoms with Crippen LogP contribution in [0, 0.1) is 30.6 Å². The highest BCUT2D eigenvalue weighted by atomic mass is 16.5. The fraction of sp³-hybridized carbons (Fsp3) is 0.526. The van der Waals surface area contributed by atoms with Crippen molar-refractivity contribution in [1.82, 2.24) is 4.57 Å². The summed E-state index contributed by atoms with van der Waals surface area (Å²) in [6.07, 6.45) is 2.53. The summed E-state index contributed by atoms with van der Waals surface area (Å²) in [6, 6.07) is 3.81. The maximum atomic E-state index is 12.1. The Bertz CT molecular complexity index is 697. The Morgan fingerprint density at radius 1 is 1.33 bits per heavy atom. The van der Waals surface area contributed by atoms with E-state index in [1.807, 2.05) is 26.0 Å². The van der Waals surface area contributed by atoms with E-state index in [9.17, 15) is 14.9 Å². The third kappa shape index (κ3) is 4.82. The second-order valence-corrected chi connectivity index (χ2v) is 6.90. The molecule has 0 aromatic carbocycles. The van der Waals surface area contributed by atoms with E-state index in [2.05, 4.69) is 11.5 Å². The summed E-state index contributed by atoms with van der Waals surface area (Å²) < 4.78 is 7.14. The molecule has 1 aromatic heterocycles. The molecular formula is C19H26N2O3. The largest absolute Gasteiger partial charge is 0.454 e. The summed E-state index contributed by atoms with van der Waals surface area (Å²) in [5.41, 5.74) is 2.21. The van der Waals surface area contributed by atoms with Gasteiger partial charge in [0, 0.05) is 23.3 Å². The fourth-order valence-corrected chi connectivity index (χ4v) is 2.26. The number of aromatic nitrogens is 1. The SMILES string of the molecule is CCCn1c(C)cc(C=C(C#N)C(=O)OCC(=O)C(C)(C)C)c1C. The van der Waals surface area contributed by atoms with Crippen molar-refractivity contribution in [2.24, 2.45) is 5.41 Å². The molecule has 5 heteroatoms. The summed E-state index contributed by atoms with van der Waals surface area (Å²) >= 11 is 0. The molecule has 0 aliphatic rings. The van der Waals surface area contributed by atoms with Crippen LogP contribution in [0.2, 0.25) is 0 Å². The van der Waals surface area contributed by atoms with Crippen LogP contribution in [0.4, 0.5) is 0 Å². The first-order chi connectivity index (χ1) is 11.1. The molecule has 0 aliphatic carbocycles. The minimum Gasteiger partial charge on any atom is -0.454 e. The Morgan fingerprint density at radius 3 is 2.46 bits per heavy atom. The number of nitriles is 1. The molecule has 130 valence electrons. The molecule has 0 N–H and O–H groups in total. The van der Waals surface area contributed by atoms with E-state index < -0.39 is 11.4 Å². The van der Waals surface area contributed by atoms with Gasteiger partial charge >= 0.3 is 5.97 Å². The molecule has 0 bridgehead atoms. The summed E-state index contributed by atoms with van der Waals surface area (Å²) in [5, 5.41) is 9.24. The van der Waals surface area contributed by atoms with Crippen LogP contribution in [-0.4, -0.2) is 22.9 Å². The molecule has 0 amide bonds. The lowest BCUT2D eigenvalue weighted by Crippen LogP contribution is -2.26. The first-order valence-electron chi connectivity index (χ1n) is 8.10. The van der Waals surface area contributed by atoms with E-state index in [4.69, 9.17) is 4.74 Å². The number of ketones is 1. The van der Waals surface area contributed by atoms with Gasteiger partial charge in [0.25, 0.3) is 0 Å². The van der Waals surface area contributed by atoms with Gasteiger partial charge < -0.3 is 9.30 Å². The lowest BCUT2D eigenvalue weighted by molar-refractivity contribution is -0.146. The number of hydrogen-bond acceptors (Lipinski definition) is 4. The van der Waals surface area contributed by atoms with Crippen LogP contribution in [0.25, 0.3) is 6.08 Å². The van der Waals surface area contributed by atoms with E-state index in [1.54, 1.807) is 20.8 Å².